The summed E-state index contributed by atoms with van der Waals surface area (Å²) >= 11 is 0. The van der Waals surface area contributed by atoms with Crippen LogP contribution < -0.4 is 0 Å². The highest BCUT2D eigenvalue weighted by Gasteiger charge is 2.01. The van der Waals surface area contributed by atoms with Crippen molar-refractivity contribution in [3.8, 4) is 5.75 Å². The second-order valence-corrected chi connectivity index (χ2v) is 2.90. The van der Waals surface area contributed by atoms with Gasteiger partial charge in [-0.2, -0.15) is 0 Å². The first-order valence-corrected chi connectivity index (χ1v) is 4.03. The smallest absolute Gasteiger partial charge is 0.115 e. The van der Waals surface area contributed by atoms with E-state index in [9.17, 15) is 0 Å². The van der Waals surface area contributed by atoms with E-state index in [1.165, 1.54) is 5.56 Å². The summed E-state index contributed by atoms with van der Waals surface area (Å²) in [4.78, 5) is 0. The van der Waals surface area contributed by atoms with Gasteiger partial charge in [-0.25, -0.2) is 0 Å². The van der Waals surface area contributed by atoms with E-state index in [-0.39, 0.29) is 14.9 Å². The largest absolute Gasteiger partial charge is 0.508 e. The zero-order valence-electron chi connectivity index (χ0n) is 7.04. The third-order valence-electron chi connectivity index (χ3n) is 2.05. The number of rotatable bonds is 2. The lowest BCUT2D eigenvalue weighted by Gasteiger charge is -2.07. The Morgan fingerprint density at radius 2 is 1.92 bits per heavy atom. The van der Waals surface area contributed by atoms with Gasteiger partial charge in [-0.3, -0.25) is 0 Å². The highest BCUT2D eigenvalue weighted by Crippen LogP contribution is 2.21. The van der Waals surface area contributed by atoms with Crippen molar-refractivity contribution in [1.82, 2.24) is 0 Å². The van der Waals surface area contributed by atoms with Crippen LogP contribution in [0.5, 0.6) is 5.75 Å². The molecule has 1 aromatic rings. The molecule has 0 aromatic heterocycles. The third-order valence-corrected chi connectivity index (χ3v) is 2.05. The number of benzene rings is 1. The number of aromatic hydroxyl groups is 1. The summed E-state index contributed by atoms with van der Waals surface area (Å²) < 4.78 is 0. The van der Waals surface area contributed by atoms with E-state index < -0.39 is 0 Å². The van der Waals surface area contributed by atoms with Crippen molar-refractivity contribution in [2.75, 3.05) is 0 Å². The predicted molar refractivity (Wildman–Crippen MR) is 60.3 cm³/mol. The molecule has 1 rings (SSSR count). The molecule has 0 aliphatic carbocycles. The summed E-state index contributed by atoms with van der Waals surface area (Å²) in [5.74, 6) is 0.907. The summed E-state index contributed by atoms with van der Waals surface area (Å²) in [5.41, 5.74) is 1.22. The fraction of sp³-hybridized carbons (Fsp3) is 0.500. The molecular weight excluding hydrogens is 160 g/mol. The average Bonchev–Trinajstić information content (AvgIpc) is 2.03. The predicted octanol–water partition coefficient (Wildman–Crippen LogP) is 4.18. The van der Waals surface area contributed by atoms with Gasteiger partial charge >= 0.3 is 0 Å². The van der Waals surface area contributed by atoms with Gasteiger partial charge in [0.15, 0.2) is 0 Å². The fourth-order valence-electron chi connectivity index (χ4n) is 1.07. The second kappa shape index (κ2) is 6.53. The molecule has 0 heterocycles. The van der Waals surface area contributed by atoms with Crippen LogP contribution in [0.15, 0.2) is 24.3 Å². The van der Waals surface area contributed by atoms with Crippen molar-refractivity contribution in [1.29, 1.82) is 0 Å². The number of phenols is 1. The van der Waals surface area contributed by atoms with Crippen molar-refractivity contribution in [3.63, 3.8) is 0 Å². The van der Waals surface area contributed by atoms with Crippen LogP contribution in [0.1, 0.15) is 46.6 Å². The van der Waals surface area contributed by atoms with Crippen LogP contribution in [0.2, 0.25) is 0 Å². The molecule has 1 heteroatoms. The van der Waals surface area contributed by atoms with Gasteiger partial charge in [0, 0.05) is 0 Å². The highest BCUT2D eigenvalue weighted by atomic mass is 16.3. The van der Waals surface area contributed by atoms with Crippen LogP contribution in [0.3, 0.4) is 0 Å². The molecule has 1 unspecified atom stereocenters. The Morgan fingerprint density at radius 1 is 1.31 bits per heavy atom. The van der Waals surface area contributed by atoms with Gasteiger partial charge in [-0.1, -0.05) is 40.8 Å². The Kier molecular flexibility index (Phi) is 7.30. The van der Waals surface area contributed by atoms with Crippen LogP contribution in [0.4, 0.5) is 0 Å². The van der Waals surface area contributed by atoms with Gasteiger partial charge in [0.05, 0.1) is 0 Å². The Morgan fingerprint density at radius 3 is 2.38 bits per heavy atom. The summed E-state index contributed by atoms with van der Waals surface area (Å²) in [6.45, 7) is 4.31. The van der Waals surface area contributed by atoms with E-state index in [1.807, 2.05) is 18.2 Å². The molecule has 1 N–H and O–H groups in total. The van der Waals surface area contributed by atoms with E-state index in [0.717, 1.165) is 6.42 Å². The minimum Gasteiger partial charge on any atom is -0.508 e. The molecule has 1 nitrogen and oxygen atoms in total. The van der Waals surface area contributed by atoms with Gasteiger partial charge in [0.1, 0.15) is 5.75 Å². The maximum Gasteiger partial charge on any atom is 0.115 e. The number of phenolic OH excluding ortho intramolecular Hbond substituents is 1. The first-order valence-electron chi connectivity index (χ1n) is 4.03. The molecule has 1 atom stereocenters. The lowest BCUT2D eigenvalue weighted by Crippen LogP contribution is -1.89. The molecule has 0 amide bonds. The van der Waals surface area contributed by atoms with Crippen LogP contribution in [0.25, 0.3) is 0 Å². The normalized spacial score (nSPS) is 10.9. The van der Waals surface area contributed by atoms with Crippen molar-refractivity contribution >= 4 is 0 Å². The van der Waals surface area contributed by atoms with E-state index in [1.54, 1.807) is 6.07 Å². The molecule has 76 valence electrons. The van der Waals surface area contributed by atoms with Crippen LogP contribution in [-0.2, 0) is 0 Å². The van der Waals surface area contributed by atoms with Crippen molar-refractivity contribution in [2.24, 2.45) is 0 Å². The quantitative estimate of drug-likeness (QED) is 0.727. The molecule has 1 aromatic carbocycles. The van der Waals surface area contributed by atoms with Gasteiger partial charge in [-0.15, -0.1) is 0 Å². The van der Waals surface area contributed by atoms with Crippen molar-refractivity contribution in [3.05, 3.63) is 29.8 Å². The van der Waals surface area contributed by atoms with Crippen molar-refractivity contribution < 1.29 is 5.11 Å². The number of hydrogen-bond donors (Lipinski definition) is 1. The molecule has 0 aliphatic heterocycles. The number of hydrogen-bond acceptors (Lipinski definition) is 1. The molecule has 0 radical (unpaired) electrons. The molecule has 13 heavy (non-hydrogen) atoms. The molecule has 0 saturated heterocycles. The minimum atomic E-state index is 0. The van der Waals surface area contributed by atoms with Gasteiger partial charge in [-0.05, 0) is 30.0 Å². The van der Waals surface area contributed by atoms with Gasteiger partial charge in [0.25, 0.3) is 0 Å². The first-order chi connectivity index (χ1) is 5.24. The first kappa shape index (κ1) is 14.5. The molecular formula is C12H22O. The minimum absolute atomic E-state index is 0. The van der Waals surface area contributed by atoms with Crippen LogP contribution >= 0.6 is 0 Å². The molecule has 0 bridgehead atoms. The monoisotopic (exact) mass is 182 g/mol. The lowest BCUT2D eigenvalue weighted by atomic mass is 9.99. The summed E-state index contributed by atoms with van der Waals surface area (Å²) in [5, 5.41) is 9.16. The van der Waals surface area contributed by atoms with Gasteiger partial charge in [0.2, 0.25) is 0 Å². The van der Waals surface area contributed by atoms with Gasteiger partial charge < -0.3 is 5.11 Å². The zero-order chi connectivity index (χ0) is 8.27. The SMILES string of the molecule is C.C.CCC(C)c1cccc(O)c1. The molecule has 0 aliphatic rings. The summed E-state index contributed by atoms with van der Waals surface area (Å²) in [7, 11) is 0. The average molecular weight is 182 g/mol. The third kappa shape index (κ3) is 3.97. The Hall–Kier alpha value is -0.980. The van der Waals surface area contributed by atoms with E-state index in [0.29, 0.717) is 11.7 Å². The van der Waals surface area contributed by atoms with E-state index in [2.05, 4.69) is 13.8 Å². The summed E-state index contributed by atoms with van der Waals surface area (Å²) in [6.07, 6.45) is 1.11. The van der Waals surface area contributed by atoms with Crippen LogP contribution in [0, 0.1) is 0 Å². The van der Waals surface area contributed by atoms with Crippen molar-refractivity contribution in [2.45, 2.75) is 41.0 Å². The summed E-state index contributed by atoms with van der Waals surface area (Å²) in [6, 6.07) is 7.46. The topological polar surface area (TPSA) is 20.2 Å². The molecule has 0 fully saturated rings. The fourth-order valence-corrected chi connectivity index (χ4v) is 1.07. The molecule has 0 spiro atoms. The zero-order valence-corrected chi connectivity index (χ0v) is 7.04. The van der Waals surface area contributed by atoms with Crippen LogP contribution in [-0.4, -0.2) is 5.11 Å². The Labute approximate surface area is 82.4 Å². The highest BCUT2D eigenvalue weighted by molar-refractivity contribution is 5.29. The maximum absolute atomic E-state index is 9.16. The molecule has 0 saturated carbocycles. The Balaban J connectivity index is 0. The van der Waals surface area contributed by atoms with E-state index >= 15 is 0 Å². The standard InChI is InChI=1S/C10H14O.2CH4/c1-3-8(2)9-5-4-6-10(11)7-9;;/h4-8,11H,3H2,1-2H3;2*1H4. The van der Waals surface area contributed by atoms with E-state index in [4.69, 9.17) is 5.11 Å². The second-order valence-electron chi connectivity index (χ2n) is 2.90. The lowest BCUT2D eigenvalue weighted by molar-refractivity contribution is 0.473. The maximum atomic E-state index is 9.16. The Bertz CT molecular complexity index is 230.